The lowest BCUT2D eigenvalue weighted by molar-refractivity contribution is 0.776. The van der Waals surface area contributed by atoms with Gasteiger partial charge in [0.1, 0.15) is 5.82 Å². The van der Waals surface area contributed by atoms with Gasteiger partial charge in [-0.2, -0.15) is 0 Å². The number of anilines is 1. The molecule has 2 aromatic rings. The van der Waals surface area contributed by atoms with Gasteiger partial charge in [0.05, 0.1) is 11.7 Å². The van der Waals surface area contributed by atoms with Crippen LogP contribution >= 0.6 is 0 Å². The number of nitrogens with one attached hydrogen (secondary N) is 2. The van der Waals surface area contributed by atoms with Gasteiger partial charge in [-0.05, 0) is 31.2 Å². The lowest BCUT2D eigenvalue weighted by Gasteiger charge is -2.18. The van der Waals surface area contributed by atoms with Crippen LogP contribution < -0.4 is 5.32 Å². The van der Waals surface area contributed by atoms with Crippen LogP contribution in [0.4, 0.5) is 5.82 Å². The molecule has 2 rings (SSSR count). The summed E-state index contributed by atoms with van der Waals surface area (Å²) in [6, 6.07) is 11.5. The van der Waals surface area contributed by atoms with Crippen molar-refractivity contribution in [1.29, 1.82) is 5.41 Å². The number of hydrogen-bond donors (Lipinski definition) is 2. The molecule has 4 nitrogen and oxygen atoms in total. The van der Waals surface area contributed by atoms with Gasteiger partial charge in [0, 0.05) is 24.5 Å². The quantitative estimate of drug-likeness (QED) is 0.789. The van der Waals surface area contributed by atoms with Crippen LogP contribution in [0.3, 0.4) is 0 Å². The van der Waals surface area contributed by atoms with Crippen molar-refractivity contribution in [2.45, 2.75) is 19.4 Å². The first-order chi connectivity index (χ1) is 8.75. The fraction of sp³-hybridized carbons (Fsp3) is 0.214. The molecule has 0 aromatic carbocycles. The van der Waals surface area contributed by atoms with Crippen LogP contribution in [0.2, 0.25) is 0 Å². The molecule has 1 unspecified atom stereocenters. The van der Waals surface area contributed by atoms with E-state index in [9.17, 15) is 0 Å². The van der Waals surface area contributed by atoms with Gasteiger partial charge in [-0.1, -0.05) is 12.1 Å². The van der Waals surface area contributed by atoms with Crippen molar-refractivity contribution in [3.63, 3.8) is 0 Å². The Balaban J connectivity index is 2.18. The monoisotopic (exact) mass is 240 g/mol. The summed E-state index contributed by atoms with van der Waals surface area (Å²) < 4.78 is 0. The molecule has 92 valence electrons. The number of pyridine rings is 2. The molecular formula is C14H16N4. The Morgan fingerprint density at radius 2 is 1.89 bits per heavy atom. The first-order valence-electron chi connectivity index (χ1n) is 5.88. The number of rotatable bonds is 5. The summed E-state index contributed by atoms with van der Waals surface area (Å²) in [5.74, 6) is 0.800. The zero-order valence-corrected chi connectivity index (χ0v) is 10.3. The normalized spacial score (nSPS) is 11.8. The van der Waals surface area contributed by atoms with Gasteiger partial charge < -0.3 is 10.7 Å². The molecule has 0 bridgehead atoms. The number of nitrogens with zero attached hydrogens (tertiary/aromatic N) is 2. The fourth-order valence-corrected chi connectivity index (χ4v) is 1.74. The van der Waals surface area contributed by atoms with Gasteiger partial charge in [-0.15, -0.1) is 0 Å². The SMILES string of the molecule is CC(=N)CC(Nc1ccccn1)c1ccccn1. The minimum Gasteiger partial charge on any atom is -0.361 e. The van der Waals surface area contributed by atoms with Gasteiger partial charge in [-0.3, -0.25) is 4.98 Å². The molecule has 0 saturated heterocycles. The lowest BCUT2D eigenvalue weighted by atomic mass is 10.1. The van der Waals surface area contributed by atoms with Gasteiger partial charge in [-0.25, -0.2) is 4.98 Å². The Hall–Kier alpha value is -2.23. The molecule has 0 aliphatic heterocycles. The maximum atomic E-state index is 7.65. The fourth-order valence-electron chi connectivity index (χ4n) is 1.74. The van der Waals surface area contributed by atoms with E-state index in [1.54, 1.807) is 19.3 Å². The molecule has 2 N–H and O–H groups in total. The highest BCUT2D eigenvalue weighted by Gasteiger charge is 2.13. The molecule has 0 amide bonds. The second kappa shape index (κ2) is 5.91. The molecule has 0 fully saturated rings. The summed E-state index contributed by atoms with van der Waals surface area (Å²) in [6.45, 7) is 1.80. The van der Waals surface area contributed by atoms with E-state index < -0.39 is 0 Å². The zero-order valence-electron chi connectivity index (χ0n) is 10.3. The van der Waals surface area contributed by atoms with Crippen molar-refractivity contribution in [3.05, 3.63) is 54.5 Å². The third kappa shape index (κ3) is 3.38. The van der Waals surface area contributed by atoms with Gasteiger partial charge in [0.25, 0.3) is 0 Å². The van der Waals surface area contributed by atoms with Gasteiger partial charge in [0.2, 0.25) is 0 Å². The van der Waals surface area contributed by atoms with Gasteiger partial charge in [0.15, 0.2) is 0 Å². The van der Waals surface area contributed by atoms with E-state index in [-0.39, 0.29) is 6.04 Å². The van der Waals surface area contributed by atoms with Crippen molar-refractivity contribution in [1.82, 2.24) is 9.97 Å². The summed E-state index contributed by atoms with van der Waals surface area (Å²) in [5.41, 5.74) is 1.55. The van der Waals surface area contributed by atoms with Crippen molar-refractivity contribution >= 4 is 11.5 Å². The van der Waals surface area contributed by atoms with Crippen molar-refractivity contribution in [2.24, 2.45) is 0 Å². The molecule has 4 heteroatoms. The van der Waals surface area contributed by atoms with Crippen LogP contribution in [0.25, 0.3) is 0 Å². The molecule has 18 heavy (non-hydrogen) atoms. The zero-order chi connectivity index (χ0) is 12.8. The van der Waals surface area contributed by atoms with E-state index in [0.29, 0.717) is 12.1 Å². The molecule has 2 aromatic heterocycles. The van der Waals surface area contributed by atoms with Crippen LogP contribution in [-0.4, -0.2) is 15.7 Å². The number of aromatic nitrogens is 2. The minimum absolute atomic E-state index is 0.0152. The average molecular weight is 240 g/mol. The Morgan fingerprint density at radius 1 is 1.17 bits per heavy atom. The van der Waals surface area contributed by atoms with E-state index >= 15 is 0 Å². The third-order valence-corrected chi connectivity index (χ3v) is 2.54. The van der Waals surface area contributed by atoms with Crippen LogP contribution in [0.1, 0.15) is 25.1 Å². The molecular weight excluding hydrogens is 224 g/mol. The summed E-state index contributed by atoms with van der Waals surface area (Å²) in [6.07, 6.45) is 4.13. The standard InChI is InChI=1S/C14H16N4/c1-11(15)10-13(12-6-2-4-8-16-12)18-14-7-3-5-9-17-14/h2-9,13,15H,10H2,1H3,(H,17,18). The van der Waals surface area contributed by atoms with Crippen molar-refractivity contribution in [3.8, 4) is 0 Å². The lowest BCUT2D eigenvalue weighted by Crippen LogP contribution is -2.15. The largest absolute Gasteiger partial charge is 0.361 e. The van der Waals surface area contributed by atoms with Gasteiger partial charge >= 0.3 is 0 Å². The summed E-state index contributed by atoms with van der Waals surface area (Å²) in [5, 5.41) is 11.0. The highest BCUT2D eigenvalue weighted by atomic mass is 15.0. The highest BCUT2D eigenvalue weighted by Crippen LogP contribution is 2.19. The smallest absolute Gasteiger partial charge is 0.126 e. The van der Waals surface area contributed by atoms with Crippen LogP contribution in [0, 0.1) is 5.41 Å². The molecule has 0 spiro atoms. The Labute approximate surface area is 107 Å². The maximum Gasteiger partial charge on any atom is 0.126 e. The Kier molecular flexibility index (Phi) is 4.02. The third-order valence-electron chi connectivity index (χ3n) is 2.54. The first kappa shape index (κ1) is 12.2. The van der Waals surface area contributed by atoms with Crippen LogP contribution in [-0.2, 0) is 0 Å². The average Bonchev–Trinajstić information content (AvgIpc) is 2.40. The molecule has 0 saturated carbocycles. The summed E-state index contributed by atoms with van der Waals surface area (Å²) >= 11 is 0. The topological polar surface area (TPSA) is 61.7 Å². The molecule has 0 aliphatic carbocycles. The Morgan fingerprint density at radius 3 is 2.44 bits per heavy atom. The summed E-state index contributed by atoms with van der Waals surface area (Å²) in [7, 11) is 0. The van der Waals surface area contributed by atoms with E-state index in [4.69, 9.17) is 5.41 Å². The van der Waals surface area contributed by atoms with Crippen LogP contribution in [0.15, 0.2) is 48.8 Å². The Bertz CT molecular complexity index is 496. The molecule has 2 heterocycles. The minimum atomic E-state index is -0.0152. The van der Waals surface area contributed by atoms with Crippen LogP contribution in [0.5, 0.6) is 0 Å². The molecule has 1 atom stereocenters. The maximum absolute atomic E-state index is 7.65. The number of hydrogen-bond acceptors (Lipinski definition) is 4. The highest BCUT2D eigenvalue weighted by molar-refractivity contribution is 5.79. The second-order valence-electron chi connectivity index (χ2n) is 4.15. The van der Waals surface area contributed by atoms with E-state index in [1.807, 2.05) is 36.4 Å². The molecule has 0 aliphatic rings. The van der Waals surface area contributed by atoms with Crippen molar-refractivity contribution in [2.75, 3.05) is 5.32 Å². The predicted octanol–water partition coefficient (Wildman–Crippen LogP) is 3.06. The van der Waals surface area contributed by atoms with E-state index in [2.05, 4.69) is 15.3 Å². The summed E-state index contributed by atoms with van der Waals surface area (Å²) in [4.78, 5) is 8.58. The van der Waals surface area contributed by atoms with E-state index in [0.717, 1.165) is 11.5 Å². The molecule has 0 radical (unpaired) electrons. The predicted molar refractivity (Wildman–Crippen MR) is 72.9 cm³/mol. The first-order valence-corrected chi connectivity index (χ1v) is 5.88. The van der Waals surface area contributed by atoms with Crippen molar-refractivity contribution < 1.29 is 0 Å². The van der Waals surface area contributed by atoms with E-state index in [1.165, 1.54) is 0 Å². The second-order valence-corrected chi connectivity index (χ2v) is 4.15.